The van der Waals surface area contributed by atoms with E-state index in [1.54, 1.807) is 6.20 Å². The lowest BCUT2D eigenvalue weighted by atomic mass is 10.6. The van der Waals surface area contributed by atoms with Crippen molar-refractivity contribution >= 4 is 11.8 Å². The predicted molar refractivity (Wildman–Crippen MR) is 43.2 cm³/mol. The second-order valence-electron chi connectivity index (χ2n) is 2.19. The summed E-state index contributed by atoms with van der Waals surface area (Å²) in [6, 6.07) is 0. The molecular formula is C6H11N5. The van der Waals surface area contributed by atoms with Gasteiger partial charge >= 0.3 is 0 Å². The molecule has 0 saturated carbocycles. The van der Waals surface area contributed by atoms with Crippen LogP contribution in [0.1, 0.15) is 6.92 Å². The van der Waals surface area contributed by atoms with Crippen LogP contribution in [-0.4, -0.2) is 28.8 Å². The lowest BCUT2D eigenvalue weighted by molar-refractivity contribution is 0.895. The van der Waals surface area contributed by atoms with Crippen LogP contribution in [0.15, 0.2) is 6.20 Å². The molecule has 1 aromatic heterocycles. The third-order valence-corrected chi connectivity index (χ3v) is 1.43. The first-order chi connectivity index (χ1) is 5.24. The van der Waals surface area contributed by atoms with Crippen LogP contribution < -0.4 is 10.6 Å². The van der Waals surface area contributed by atoms with Gasteiger partial charge in [0.1, 0.15) is 0 Å². The Morgan fingerprint density at radius 2 is 2.36 bits per heavy atom. The zero-order valence-electron chi connectivity index (χ0n) is 6.65. The van der Waals surface area contributed by atoms with Crippen molar-refractivity contribution in [2.24, 2.45) is 0 Å². The first-order valence-corrected chi connectivity index (χ1v) is 3.40. The number of hydrogen-bond acceptors (Lipinski definition) is 5. The smallest absolute Gasteiger partial charge is 0.242 e. The lowest BCUT2D eigenvalue weighted by Gasteiger charge is -2.13. The molecule has 0 fully saturated rings. The monoisotopic (exact) mass is 153 g/mol. The summed E-state index contributed by atoms with van der Waals surface area (Å²) in [5.74, 6) is 0.961. The molecule has 0 aromatic carbocycles. The molecule has 0 atom stereocenters. The molecule has 5 heteroatoms. The fraction of sp³-hybridized carbons (Fsp3) is 0.500. The van der Waals surface area contributed by atoms with E-state index < -0.39 is 0 Å². The maximum absolute atomic E-state index is 5.34. The van der Waals surface area contributed by atoms with E-state index in [4.69, 9.17) is 5.73 Å². The van der Waals surface area contributed by atoms with Gasteiger partial charge < -0.3 is 10.6 Å². The molecule has 0 amide bonds. The molecule has 0 aliphatic heterocycles. The van der Waals surface area contributed by atoms with Crippen molar-refractivity contribution in [2.45, 2.75) is 6.92 Å². The average Bonchev–Trinajstić information content (AvgIpc) is 2.03. The third-order valence-electron chi connectivity index (χ3n) is 1.43. The van der Waals surface area contributed by atoms with Crippen molar-refractivity contribution in [3.05, 3.63) is 6.20 Å². The summed E-state index contributed by atoms with van der Waals surface area (Å²) < 4.78 is 0. The number of nitrogens with two attached hydrogens (primary N) is 1. The van der Waals surface area contributed by atoms with Crippen molar-refractivity contribution in [3.8, 4) is 0 Å². The Kier molecular flexibility index (Phi) is 2.20. The van der Waals surface area contributed by atoms with E-state index in [2.05, 4.69) is 15.2 Å². The Morgan fingerprint density at radius 3 is 2.91 bits per heavy atom. The van der Waals surface area contributed by atoms with Crippen molar-refractivity contribution in [1.29, 1.82) is 0 Å². The topological polar surface area (TPSA) is 67.9 Å². The van der Waals surface area contributed by atoms with Crippen molar-refractivity contribution < 1.29 is 0 Å². The first kappa shape index (κ1) is 7.71. The molecule has 60 valence electrons. The summed E-state index contributed by atoms with van der Waals surface area (Å²) >= 11 is 0. The van der Waals surface area contributed by atoms with Crippen LogP contribution in [-0.2, 0) is 0 Å². The number of hydrogen-bond donors (Lipinski definition) is 1. The molecule has 1 rings (SSSR count). The van der Waals surface area contributed by atoms with Crippen LogP contribution in [0, 0.1) is 0 Å². The van der Waals surface area contributed by atoms with E-state index in [1.807, 2.05) is 18.9 Å². The van der Waals surface area contributed by atoms with Gasteiger partial charge in [-0.3, -0.25) is 0 Å². The molecule has 0 bridgehead atoms. The molecule has 11 heavy (non-hydrogen) atoms. The quantitative estimate of drug-likeness (QED) is 0.643. The minimum absolute atomic E-state index is 0.211. The van der Waals surface area contributed by atoms with Crippen LogP contribution in [0.3, 0.4) is 0 Å². The van der Waals surface area contributed by atoms with Gasteiger partial charge in [-0.05, 0) is 6.92 Å². The first-order valence-electron chi connectivity index (χ1n) is 3.40. The minimum Gasteiger partial charge on any atom is -0.366 e. The highest BCUT2D eigenvalue weighted by atomic mass is 15.3. The summed E-state index contributed by atoms with van der Waals surface area (Å²) in [5, 5.41) is 7.22. The Morgan fingerprint density at radius 1 is 1.64 bits per heavy atom. The fourth-order valence-electron chi connectivity index (χ4n) is 0.654. The molecule has 1 aromatic rings. The number of anilines is 2. The van der Waals surface area contributed by atoms with Crippen molar-refractivity contribution in [1.82, 2.24) is 15.2 Å². The van der Waals surface area contributed by atoms with E-state index in [-0.39, 0.29) is 5.95 Å². The summed E-state index contributed by atoms with van der Waals surface area (Å²) in [6.07, 6.45) is 1.58. The molecule has 0 aliphatic carbocycles. The highest BCUT2D eigenvalue weighted by Gasteiger charge is 1.99. The molecule has 0 aliphatic rings. The maximum Gasteiger partial charge on any atom is 0.242 e. The van der Waals surface area contributed by atoms with E-state index in [9.17, 15) is 0 Å². The molecule has 0 spiro atoms. The SMILES string of the molecule is CCN(C)c1cnnc(N)n1. The van der Waals surface area contributed by atoms with Crippen LogP contribution >= 0.6 is 0 Å². The second kappa shape index (κ2) is 3.14. The Hall–Kier alpha value is -1.39. The number of rotatable bonds is 2. The molecule has 1 heterocycles. The summed E-state index contributed by atoms with van der Waals surface area (Å²) in [6.45, 7) is 2.90. The van der Waals surface area contributed by atoms with Gasteiger partial charge in [0.2, 0.25) is 5.95 Å². The third kappa shape index (κ3) is 1.76. The van der Waals surface area contributed by atoms with E-state index in [1.165, 1.54) is 0 Å². The maximum atomic E-state index is 5.34. The van der Waals surface area contributed by atoms with Gasteiger partial charge in [-0.25, -0.2) is 0 Å². The van der Waals surface area contributed by atoms with Crippen LogP contribution in [0.2, 0.25) is 0 Å². The molecule has 5 nitrogen and oxygen atoms in total. The Labute approximate surface area is 65.3 Å². The molecule has 2 N–H and O–H groups in total. The predicted octanol–water partition coefficient (Wildman–Crippen LogP) is -0.0901. The van der Waals surface area contributed by atoms with Crippen LogP contribution in [0.25, 0.3) is 0 Å². The largest absolute Gasteiger partial charge is 0.366 e. The Bertz CT molecular complexity index is 236. The van der Waals surface area contributed by atoms with Crippen LogP contribution in [0.5, 0.6) is 0 Å². The normalized spacial score (nSPS) is 9.64. The van der Waals surface area contributed by atoms with Gasteiger partial charge in [0, 0.05) is 13.6 Å². The highest BCUT2D eigenvalue weighted by Crippen LogP contribution is 2.04. The Balaban J connectivity index is 2.86. The zero-order valence-corrected chi connectivity index (χ0v) is 6.65. The van der Waals surface area contributed by atoms with E-state index >= 15 is 0 Å². The van der Waals surface area contributed by atoms with E-state index in [0.29, 0.717) is 0 Å². The van der Waals surface area contributed by atoms with Gasteiger partial charge in [0.05, 0.1) is 6.20 Å². The van der Waals surface area contributed by atoms with Gasteiger partial charge in [0.15, 0.2) is 5.82 Å². The van der Waals surface area contributed by atoms with Crippen molar-refractivity contribution in [3.63, 3.8) is 0 Å². The number of nitrogens with zero attached hydrogens (tertiary/aromatic N) is 4. The zero-order chi connectivity index (χ0) is 8.27. The second-order valence-corrected chi connectivity index (χ2v) is 2.19. The molecule has 0 unspecified atom stereocenters. The van der Waals surface area contributed by atoms with E-state index in [0.717, 1.165) is 12.4 Å². The average molecular weight is 153 g/mol. The summed E-state index contributed by atoms with van der Waals surface area (Å²) in [4.78, 5) is 5.91. The summed E-state index contributed by atoms with van der Waals surface area (Å²) in [5.41, 5.74) is 5.34. The molecule has 0 saturated heterocycles. The van der Waals surface area contributed by atoms with Crippen molar-refractivity contribution in [2.75, 3.05) is 24.2 Å². The minimum atomic E-state index is 0.211. The number of aromatic nitrogens is 3. The van der Waals surface area contributed by atoms with Crippen LogP contribution in [0.4, 0.5) is 11.8 Å². The van der Waals surface area contributed by atoms with Gasteiger partial charge in [0.25, 0.3) is 0 Å². The fourth-order valence-corrected chi connectivity index (χ4v) is 0.654. The summed E-state index contributed by atoms with van der Waals surface area (Å²) in [7, 11) is 1.92. The number of nitrogen functional groups attached to an aromatic ring is 1. The molecular weight excluding hydrogens is 142 g/mol. The van der Waals surface area contributed by atoms with Gasteiger partial charge in [-0.15, -0.1) is 5.10 Å². The highest BCUT2D eigenvalue weighted by molar-refractivity contribution is 5.36. The van der Waals surface area contributed by atoms with Gasteiger partial charge in [-0.1, -0.05) is 0 Å². The standard InChI is InChI=1S/C6H11N5/c1-3-11(2)5-4-8-10-6(7)9-5/h4H,3H2,1-2H3,(H2,7,9,10). The van der Waals surface area contributed by atoms with Gasteiger partial charge in [-0.2, -0.15) is 10.1 Å². The molecule has 0 radical (unpaired) electrons. The lowest BCUT2D eigenvalue weighted by Crippen LogP contribution is -2.18.